The molecule has 2 nitrogen and oxygen atoms in total. The molecule has 1 aromatic carbocycles. The third-order valence-corrected chi connectivity index (χ3v) is 3.28. The van der Waals surface area contributed by atoms with Gasteiger partial charge in [0, 0.05) is 19.0 Å². The van der Waals surface area contributed by atoms with Crippen LogP contribution in [-0.4, -0.2) is 25.3 Å². The van der Waals surface area contributed by atoms with E-state index in [9.17, 15) is 8.78 Å². The van der Waals surface area contributed by atoms with Gasteiger partial charge in [-0.25, -0.2) is 8.78 Å². The smallest absolute Gasteiger partial charge is 0.149 e. The van der Waals surface area contributed by atoms with Crippen LogP contribution in [0.3, 0.4) is 0 Å². The topological polar surface area (TPSA) is 12.5 Å². The number of alkyl halides is 1. The molecule has 1 aliphatic rings. The SMILES string of the molecule is CC1(C)CN(c2c(F)cc(CCl)cc2F)CCO1. The van der Waals surface area contributed by atoms with Gasteiger partial charge in [0.05, 0.1) is 12.2 Å². The number of rotatable bonds is 2. The van der Waals surface area contributed by atoms with Gasteiger partial charge in [0.15, 0.2) is 0 Å². The average Bonchev–Trinajstić information content (AvgIpc) is 2.26. The molecule has 2 rings (SSSR count). The van der Waals surface area contributed by atoms with E-state index in [0.717, 1.165) is 0 Å². The quantitative estimate of drug-likeness (QED) is 0.768. The van der Waals surface area contributed by atoms with Crippen LogP contribution in [0.4, 0.5) is 14.5 Å². The van der Waals surface area contributed by atoms with Gasteiger partial charge in [0.25, 0.3) is 0 Å². The van der Waals surface area contributed by atoms with Gasteiger partial charge in [-0.05, 0) is 31.5 Å². The van der Waals surface area contributed by atoms with E-state index in [1.807, 2.05) is 13.8 Å². The number of halogens is 3. The molecule has 0 atom stereocenters. The van der Waals surface area contributed by atoms with Gasteiger partial charge < -0.3 is 9.64 Å². The second kappa shape index (κ2) is 5.02. The molecule has 5 heteroatoms. The summed E-state index contributed by atoms with van der Waals surface area (Å²) in [5, 5.41) is 0. The molecule has 1 heterocycles. The first-order valence-electron chi connectivity index (χ1n) is 5.86. The Morgan fingerprint density at radius 3 is 2.44 bits per heavy atom. The Balaban J connectivity index is 2.33. The number of anilines is 1. The van der Waals surface area contributed by atoms with Crippen LogP contribution in [0, 0.1) is 11.6 Å². The third-order valence-electron chi connectivity index (χ3n) is 2.97. The molecule has 0 radical (unpaired) electrons. The van der Waals surface area contributed by atoms with Gasteiger partial charge in [0.1, 0.15) is 17.3 Å². The minimum atomic E-state index is -0.566. The van der Waals surface area contributed by atoms with Crippen molar-refractivity contribution < 1.29 is 13.5 Å². The fourth-order valence-corrected chi connectivity index (χ4v) is 2.36. The Morgan fingerprint density at radius 2 is 1.94 bits per heavy atom. The summed E-state index contributed by atoms with van der Waals surface area (Å²) < 4.78 is 33.4. The zero-order valence-corrected chi connectivity index (χ0v) is 11.2. The van der Waals surface area contributed by atoms with E-state index >= 15 is 0 Å². The summed E-state index contributed by atoms with van der Waals surface area (Å²) in [5.41, 5.74) is 0.0608. The fraction of sp³-hybridized carbons (Fsp3) is 0.538. The molecule has 100 valence electrons. The fourth-order valence-electron chi connectivity index (χ4n) is 2.20. The molecule has 1 aromatic rings. The first-order chi connectivity index (χ1) is 8.43. The van der Waals surface area contributed by atoms with Crippen molar-refractivity contribution in [2.45, 2.75) is 25.3 Å². The Labute approximate surface area is 110 Å². The van der Waals surface area contributed by atoms with Crippen molar-refractivity contribution in [2.24, 2.45) is 0 Å². The van der Waals surface area contributed by atoms with Crippen LogP contribution in [0.5, 0.6) is 0 Å². The van der Waals surface area contributed by atoms with E-state index in [1.54, 1.807) is 4.90 Å². The highest BCUT2D eigenvalue weighted by Gasteiger charge is 2.30. The lowest BCUT2D eigenvalue weighted by molar-refractivity contribution is -0.0280. The van der Waals surface area contributed by atoms with Crippen LogP contribution in [0.25, 0.3) is 0 Å². The van der Waals surface area contributed by atoms with E-state index in [-0.39, 0.29) is 11.6 Å². The summed E-state index contributed by atoms with van der Waals surface area (Å²) in [6.45, 7) is 5.21. The largest absolute Gasteiger partial charge is 0.372 e. The Kier molecular flexibility index (Phi) is 3.78. The minimum Gasteiger partial charge on any atom is -0.372 e. The second-order valence-electron chi connectivity index (χ2n) is 5.07. The molecule has 18 heavy (non-hydrogen) atoms. The first-order valence-corrected chi connectivity index (χ1v) is 6.39. The lowest BCUT2D eigenvalue weighted by Crippen LogP contribution is -2.49. The van der Waals surface area contributed by atoms with E-state index in [2.05, 4.69) is 0 Å². The molecule has 0 aliphatic carbocycles. The van der Waals surface area contributed by atoms with E-state index in [1.165, 1.54) is 12.1 Å². The lowest BCUT2D eigenvalue weighted by Gasteiger charge is -2.39. The molecule has 0 saturated carbocycles. The predicted molar refractivity (Wildman–Crippen MR) is 68.2 cm³/mol. The lowest BCUT2D eigenvalue weighted by atomic mass is 10.1. The van der Waals surface area contributed by atoms with Crippen molar-refractivity contribution in [3.63, 3.8) is 0 Å². The highest BCUT2D eigenvalue weighted by Crippen LogP contribution is 2.29. The molecule has 0 aromatic heterocycles. The summed E-state index contributed by atoms with van der Waals surface area (Å²) in [6.07, 6.45) is 0. The summed E-state index contributed by atoms with van der Waals surface area (Å²) >= 11 is 5.59. The van der Waals surface area contributed by atoms with Crippen molar-refractivity contribution in [1.82, 2.24) is 0 Å². The van der Waals surface area contributed by atoms with Crippen LogP contribution >= 0.6 is 11.6 Å². The van der Waals surface area contributed by atoms with E-state index in [4.69, 9.17) is 16.3 Å². The summed E-state index contributed by atoms with van der Waals surface area (Å²) in [5.74, 6) is -1.03. The summed E-state index contributed by atoms with van der Waals surface area (Å²) in [6, 6.07) is 2.57. The van der Waals surface area contributed by atoms with Gasteiger partial charge >= 0.3 is 0 Å². The molecular formula is C13H16ClF2NO. The monoisotopic (exact) mass is 275 g/mol. The average molecular weight is 276 g/mol. The second-order valence-corrected chi connectivity index (χ2v) is 5.34. The van der Waals surface area contributed by atoms with Crippen LogP contribution < -0.4 is 4.90 Å². The summed E-state index contributed by atoms with van der Waals surface area (Å²) in [4.78, 5) is 1.69. The highest BCUT2D eigenvalue weighted by molar-refractivity contribution is 6.17. The van der Waals surface area contributed by atoms with Crippen molar-refractivity contribution in [2.75, 3.05) is 24.6 Å². The predicted octanol–water partition coefficient (Wildman–Crippen LogP) is 3.32. The number of ether oxygens (including phenoxy) is 1. The number of hydrogen-bond acceptors (Lipinski definition) is 2. The maximum absolute atomic E-state index is 14.0. The third kappa shape index (κ3) is 2.75. The van der Waals surface area contributed by atoms with Crippen molar-refractivity contribution in [3.8, 4) is 0 Å². The number of nitrogens with zero attached hydrogens (tertiary/aromatic N) is 1. The number of morpholine rings is 1. The molecule has 0 bridgehead atoms. The zero-order valence-electron chi connectivity index (χ0n) is 10.5. The molecule has 0 spiro atoms. The van der Waals surface area contributed by atoms with E-state index in [0.29, 0.717) is 25.3 Å². The number of hydrogen-bond donors (Lipinski definition) is 0. The molecule has 1 fully saturated rings. The normalized spacial score (nSPS) is 19.1. The standard InChI is InChI=1S/C13H16ClF2NO/c1-13(2)8-17(3-4-18-13)12-10(15)5-9(7-14)6-11(12)16/h5-6H,3-4,7-8H2,1-2H3. The van der Waals surface area contributed by atoms with Crippen LogP contribution in [0.2, 0.25) is 0 Å². The summed E-state index contributed by atoms with van der Waals surface area (Å²) in [7, 11) is 0. The van der Waals surface area contributed by atoms with Crippen molar-refractivity contribution >= 4 is 17.3 Å². The Morgan fingerprint density at radius 1 is 1.33 bits per heavy atom. The van der Waals surface area contributed by atoms with Gasteiger partial charge in [-0.3, -0.25) is 0 Å². The molecule has 0 unspecified atom stereocenters. The first kappa shape index (κ1) is 13.6. The maximum Gasteiger partial charge on any atom is 0.149 e. The van der Waals surface area contributed by atoms with Gasteiger partial charge in [-0.15, -0.1) is 11.6 Å². The zero-order chi connectivity index (χ0) is 13.3. The van der Waals surface area contributed by atoms with Gasteiger partial charge in [-0.1, -0.05) is 0 Å². The molecule has 0 N–H and O–H groups in total. The molecule has 0 amide bonds. The molecule has 1 saturated heterocycles. The minimum absolute atomic E-state index is 0.0141. The van der Waals surface area contributed by atoms with Crippen LogP contribution in [0.1, 0.15) is 19.4 Å². The highest BCUT2D eigenvalue weighted by atomic mass is 35.5. The van der Waals surface area contributed by atoms with Crippen molar-refractivity contribution in [3.05, 3.63) is 29.3 Å². The Hall–Kier alpha value is -0.870. The van der Waals surface area contributed by atoms with Crippen molar-refractivity contribution in [1.29, 1.82) is 0 Å². The maximum atomic E-state index is 14.0. The van der Waals surface area contributed by atoms with Gasteiger partial charge in [0.2, 0.25) is 0 Å². The Bertz CT molecular complexity index is 428. The molecular weight excluding hydrogens is 260 g/mol. The van der Waals surface area contributed by atoms with Gasteiger partial charge in [-0.2, -0.15) is 0 Å². The van der Waals surface area contributed by atoms with Crippen LogP contribution in [0.15, 0.2) is 12.1 Å². The number of benzene rings is 1. The van der Waals surface area contributed by atoms with E-state index < -0.39 is 17.2 Å². The molecule has 1 aliphatic heterocycles. The van der Waals surface area contributed by atoms with Crippen LogP contribution in [-0.2, 0) is 10.6 Å².